The Bertz CT molecular complexity index is 424. The van der Waals surface area contributed by atoms with E-state index in [9.17, 15) is 0 Å². The standard InChI is InChI=1S/C11H13ClN2S2/c1-3-13-11(8-6-15-7(2)14-8)9-4-5-10(12)16-9/h4-6,11,13H,3H2,1-2H3. The molecule has 0 radical (unpaired) electrons. The topological polar surface area (TPSA) is 24.9 Å². The number of halogens is 1. The van der Waals surface area contributed by atoms with Gasteiger partial charge in [0.05, 0.1) is 21.1 Å². The third-order valence-electron chi connectivity index (χ3n) is 2.22. The lowest BCUT2D eigenvalue weighted by molar-refractivity contribution is 0.626. The van der Waals surface area contributed by atoms with Crippen molar-refractivity contribution in [2.45, 2.75) is 19.9 Å². The lowest BCUT2D eigenvalue weighted by atomic mass is 10.2. The van der Waals surface area contributed by atoms with Crippen LogP contribution in [-0.2, 0) is 0 Å². The van der Waals surface area contributed by atoms with Gasteiger partial charge in [0.15, 0.2) is 0 Å². The van der Waals surface area contributed by atoms with Gasteiger partial charge in [0.1, 0.15) is 0 Å². The van der Waals surface area contributed by atoms with Gasteiger partial charge in [-0.2, -0.15) is 0 Å². The molecular weight excluding hydrogens is 260 g/mol. The number of hydrogen-bond acceptors (Lipinski definition) is 4. The Morgan fingerprint density at radius 2 is 2.31 bits per heavy atom. The van der Waals surface area contributed by atoms with Gasteiger partial charge in [-0.3, -0.25) is 0 Å². The van der Waals surface area contributed by atoms with Crippen LogP contribution in [0.15, 0.2) is 17.5 Å². The highest BCUT2D eigenvalue weighted by molar-refractivity contribution is 7.16. The van der Waals surface area contributed by atoms with Crippen molar-refractivity contribution in [1.29, 1.82) is 0 Å². The highest BCUT2D eigenvalue weighted by atomic mass is 35.5. The van der Waals surface area contributed by atoms with Crippen LogP contribution in [0.4, 0.5) is 0 Å². The van der Waals surface area contributed by atoms with E-state index in [-0.39, 0.29) is 6.04 Å². The summed E-state index contributed by atoms with van der Waals surface area (Å²) in [7, 11) is 0. The second kappa shape index (κ2) is 5.27. The van der Waals surface area contributed by atoms with Crippen LogP contribution in [-0.4, -0.2) is 11.5 Å². The van der Waals surface area contributed by atoms with Crippen LogP contribution in [0.1, 0.15) is 28.5 Å². The van der Waals surface area contributed by atoms with E-state index in [0.29, 0.717) is 0 Å². The van der Waals surface area contributed by atoms with Crippen LogP contribution in [0.3, 0.4) is 0 Å². The van der Waals surface area contributed by atoms with E-state index in [1.54, 1.807) is 22.7 Å². The summed E-state index contributed by atoms with van der Waals surface area (Å²) in [5, 5.41) is 6.64. The number of hydrogen-bond donors (Lipinski definition) is 1. The third-order valence-corrected chi connectivity index (χ3v) is 4.31. The highest BCUT2D eigenvalue weighted by Crippen LogP contribution is 2.31. The van der Waals surface area contributed by atoms with E-state index in [0.717, 1.165) is 21.6 Å². The summed E-state index contributed by atoms with van der Waals surface area (Å²) >= 11 is 9.26. The van der Waals surface area contributed by atoms with E-state index < -0.39 is 0 Å². The van der Waals surface area contributed by atoms with Crippen molar-refractivity contribution in [3.05, 3.63) is 37.4 Å². The minimum Gasteiger partial charge on any atom is -0.305 e. The lowest BCUT2D eigenvalue weighted by Crippen LogP contribution is -2.21. The van der Waals surface area contributed by atoms with Gasteiger partial charge < -0.3 is 5.32 Å². The van der Waals surface area contributed by atoms with Gasteiger partial charge in [0.2, 0.25) is 0 Å². The average molecular weight is 273 g/mol. The van der Waals surface area contributed by atoms with Crippen LogP contribution in [0, 0.1) is 6.92 Å². The van der Waals surface area contributed by atoms with Crippen LogP contribution in [0.5, 0.6) is 0 Å². The summed E-state index contributed by atoms with van der Waals surface area (Å²) in [6.45, 7) is 5.04. The Kier molecular flexibility index (Phi) is 3.97. The first-order valence-electron chi connectivity index (χ1n) is 5.11. The highest BCUT2D eigenvalue weighted by Gasteiger charge is 2.17. The van der Waals surface area contributed by atoms with Gasteiger partial charge >= 0.3 is 0 Å². The van der Waals surface area contributed by atoms with Crippen molar-refractivity contribution < 1.29 is 0 Å². The molecule has 1 N–H and O–H groups in total. The number of thiazole rings is 1. The van der Waals surface area contributed by atoms with Crippen LogP contribution in [0.2, 0.25) is 4.34 Å². The third kappa shape index (κ3) is 2.63. The molecule has 0 aliphatic carbocycles. The van der Waals surface area contributed by atoms with E-state index in [2.05, 4.69) is 28.7 Å². The van der Waals surface area contributed by atoms with Gasteiger partial charge in [0.25, 0.3) is 0 Å². The molecule has 86 valence electrons. The van der Waals surface area contributed by atoms with E-state index >= 15 is 0 Å². The first-order valence-corrected chi connectivity index (χ1v) is 7.18. The van der Waals surface area contributed by atoms with Crippen molar-refractivity contribution in [3.63, 3.8) is 0 Å². The molecular formula is C11H13ClN2S2. The summed E-state index contributed by atoms with van der Waals surface area (Å²) in [5.74, 6) is 0. The fraction of sp³-hybridized carbons (Fsp3) is 0.364. The predicted octanol–water partition coefficient (Wildman–Crippen LogP) is 3.87. The molecule has 0 spiro atoms. The Labute approximate surface area is 108 Å². The van der Waals surface area contributed by atoms with E-state index in [4.69, 9.17) is 11.6 Å². The second-order valence-electron chi connectivity index (χ2n) is 3.42. The van der Waals surface area contributed by atoms with Crippen molar-refractivity contribution in [3.8, 4) is 0 Å². The molecule has 2 nitrogen and oxygen atoms in total. The number of aromatic nitrogens is 1. The van der Waals surface area contributed by atoms with E-state index in [1.807, 2.05) is 13.0 Å². The first kappa shape index (κ1) is 12.0. The summed E-state index contributed by atoms with van der Waals surface area (Å²) in [6, 6.07) is 4.17. The van der Waals surface area contributed by atoms with E-state index in [1.165, 1.54) is 4.88 Å². The molecule has 0 bridgehead atoms. The number of nitrogens with zero attached hydrogens (tertiary/aromatic N) is 1. The predicted molar refractivity (Wildman–Crippen MR) is 71.7 cm³/mol. The molecule has 0 saturated heterocycles. The number of nitrogens with one attached hydrogen (secondary N) is 1. The van der Waals surface area contributed by atoms with Crippen LogP contribution in [0.25, 0.3) is 0 Å². The van der Waals surface area contributed by atoms with Crippen molar-refractivity contribution in [1.82, 2.24) is 10.3 Å². The molecule has 2 heterocycles. The molecule has 0 saturated carbocycles. The van der Waals surface area contributed by atoms with Gasteiger partial charge in [-0.05, 0) is 25.6 Å². The molecule has 0 fully saturated rings. The number of rotatable bonds is 4. The number of aryl methyl sites for hydroxylation is 1. The molecule has 16 heavy (non-hydrogen) atoms. The maximum atomic E-state index is 5.97. The maximum Gasteiger partial charge on any atom is 0.0931 e. The molecule has 1 atom stereocenters. The summed E-state index contributed by atoms with van der Waals surface area (Å²) in [4.78, 5) is 5.75. The first-order chi connectivity index (χ1) is 7.70. The van der Waals surface area contributed by atoms with Crippen molar-refractivity contribution in [2.24, 2.45) is 0 Å². The maximum absolute atomic E-state index is 5.97. The largest absolute Gasteiger partial charge is 0.305 e. The van der Waals surface area contributed by atoms with Crippen molar-refractivity contribution in [2.75, 3.05) is 6.54 Å². The molecule has 0 amide bonds. The fourth-order valence-electron chi connectivity index (χ4n) is 1.55. The van der Waals surface area contributed by atoms with Crippen molar-refractivity contribution >= 4 is 34.3 Å². The van der Waals surface area contributed by atoms with Gasteiger partial charge in [-0.15, -0.1) is 22.7 Å². The zero-order valence-corrected chi connectivity index (χ0v) is 11.5. The Morgan fingerprint density at radius 1 is 1.50 bits per heavy atom. The fourth-order valence-corrected chi connectivity index (χ4v) is 3.34. The normalized spacial score (nSPS) is 12.9. The molecule has 0 aliphatic heterocycles. The Hall–Kier alpha value is -0.420. The lowest BCUT2D eigenvalue weighted by Gasteiger charge is -2.13. The van der Waals surface area contributed by atoms with Crippen LogP contribution >= 0.6 is 34.3 Å². The summed E-state index contributed by atoms with van der Waals surface area (Å²) in [6.07, 6.45) is 0. The monoisotopic (exact) mass is 272 g/mol. The summed E-state index contributed by atoms with van der Waals surface area (Å²) < 4.78 is 0.824. The zero-order valence-electron chi connectivity index (χ0n) is 9.16. The minimum atomic E-state index is 0.174. The Balaban J connectivity index is 2.30. The molecule has 0 aromatic carbocycles. The van der Waals surface area contributed by atoms with Gasteiger partial charge in [-0.1, -0.05) is 18.5 Å². The SMILES string of the molecule is CCNC(c1csc(C)n1)c1ccc(Cl)s1. The molecule has 0 aliphatic rings. The number of thiophene rings is 1. The molecule has 2 aromatic rings. The van der Waals surface area contributed by atoms with Crippen LogP contribution < -0.4 is 5.32 Å². The molecule has 5 heteroatoms. The molecule has 2 aromatic heterocycles. The summed E-state index contributed by atoms with van der Waals surface area (Å²) in [5.41, 5.74) is 1.09. The minimum absolute atomic E-state index is 0.174. The smallest absolute Gasteiger partial charge is 0.0931 e. The quantitative estimate of drug-likeness (QED) is 0.914. The molecule has 1 unspecified atom stereocenters. The average Bonchev–Trinajstić information content (AvgIpc) is 2.84. The Morgan fingerprint density at radius 3 is 2.81 bits per heavy atom. The van der Waals surface area contributed by atoms with Gasteiger partial charge in [0, 0.05) is 10.3 Å². The molecule has 2 rings (SSSR count). The zero-order chi connectivity index (χ0) is 11.5. The second-order valence-corrected chi connectivity index (χ2v) is 6.23. The van der Waals surface area contributed by atoms with Gasteiger partial charge in [-0.25, -0.2) is 4.98 Å².